The third kappa shape index (κ3) is 3.49. The van der Waals surface area contributed by atoms with Gasteiger partial charge in [0.15, 0.2) is 0 Å². The largest absolute Gasteiger partial charge is 0.338 e. The van der Waals surface area contributed by atoms with Crippen LogP contribution in [0.25, 0.3) is 5.69 Å². The van der Waals surface area contributed by atoms with E-state index in [0.717, 1.165) is 27.5 Å². The number of carbonyl (C=O) groups excluding carboxylic acids is 1. The standard InChI is InChI=1S/C19H22N4OS/c1-13-17(14(2)23(21-13)16-8-6-5-7-9-16)10-19(24)22(4)15(3)18-11-20-12-25-18/h5-9,11-12,15H,10H2,1-4H3/t15-/m1/s1. The molecule has 130 valence electrons. The van der Waals surface area contributed by atoms with Crippen LogP contribution in [-0.2, 0) is 11.2 Å². The number of aryl methyl sites for hydroxylation is 1. The molecule has 5 nitrogen and oxygen atoms in total. The van der Waals surface area contributed by atoms with Crippen LogP contribution in [0, 0.1) is 13.8 Å². The molecular weight excluding hydrogens is 332 g/mol. The Balaban J connectivity index is 1.81. The highest BCUT2D eigenvalue weighted by atomic mass is 32.1. The molecule has 3 rings (SSSR count). The molecule has 0 bridgehead atoms. The quantitative estimate of drug-likeness (QED) is 0.702. The fraction of sp³-hybridized carbons (Fsp3) is 0.316. The molecule has 1 atom stereocenters. The Kier molecular flexibility index (Phi) is 4.99. The van der Waals surface area contributed by atoms with Crippen molar-refractivity contribution in [1.29, 1.82) is 0 Å². The van der Waals surface area contributed by atoms with Crippen molar-refractivity contribution >= 4 is 17.2 Å². The number of amides is 1. The van der Waals surface area contributed by atoms with Gasteiger partial charge in [-0.05, 0) is 32.9 Å². The second-order valence-electron chi connectivity index (χ2n) is 6.16. The highest BCUT2D eigenvalue weighted by Crippen LogP contribution is 2.24. The van der Waals surface area contributed by atoms with E-state index in [-0.39, 0.29) is 11.9 Å². The minimum atomic E-state index is 0.0183. The first-order valence-corrected chi connectivity index (χ1v) is 9.11. The molecule has 2 heterocycles. The summed E-state index contributed by atoms with van der Waals surface area (Å²) in [4.78, 5) is 19.7. The number of likely N-dealkylation sites (N-methyl/N-ethyl adjacent to an activating group) is 1. The lowest BCUT2D eigenvalue weighted by molar-refractivity contribution is -0.131. The molecule has 25 heavy (non-hydrogen) atoms. The van der Waals surface area contributed by atoms with Crippen LogP contribution in [0.15, 0.2) is 42.0 Å². The van der Waals surface area contributed by atoms with Gasteiger partial charge in [-0.1, -0.05) is 18.2 Å². The molecule has 2 aromatic heterocycles. The van der Waals surface area contributed by atoms with Crippen LogP contribution in [0.3, 0.4) is 0 Å². The number of hydrogen-bond donors (Lipinski definition) is 0. The molecule has 0 fully saturated rings. The van der Waals surface area contributed by atoms with Gasteiger partial charge >= 0.3 is 0 Å². The molecule has 0 aliphatic heterocycles. The monoisotopic (exact) mass is 354 g/mol. The van der Waals surface area contributed by atoms with Gasteiger partial charge in [0, 0.05) is 29.4 Å². The van der Waals surface area contributed by atoms with Gasteiger partial charge in [0.2, 0.25) is 5.91 Å². The maximum Gasteiger partial charge on any atom is 0.227 e. The van der Waals surface area contributed by atoms with E-state index in [1.165, 1.54) is 0 Å². The molecule has 0 aliphatic carbocycles. The number of hydrogen-bond acceptors (Lipinski definition) is 4. The third-order valence-corrected chi connectivity index (χ3v) is 5.55. The van der Waals surface area contributed by atoms with Crippen LogP contribution in [-0.4, -0.2) is 32.6 Å². The first kappa shape index (κ1) is 17.4. The molecule has 1 aromatic carbocycles. The Morgan fingerprint density at radius 3 is 2.64 bits per heavy atom. The molecule has 0 unspecified atom stereocenters. The molecule has 3 aromatic rings. The van der Waals surface area contributed by atoms with Gasteiger partial charge in [-0.25, -0.2) is 4.68 Å². The average molecular weight is 354 g/mol. The fourth-order valence-corrected chi connectivity index (χ4v) is 3.59. The summed E-state index contributed by atoms with van der Waals surface area (Å²) < 4.78 is 1.91. The van der Waals surface area contributed by atoms with Crippen LogP contribution in [0.5, 0.6) is 0 Å². The van der Waals surface area contributed by atoms with E-state index in [1.807, 2.05) is 69.0 Å². The van der Waals surface area contributed by atoms with Gasteiger partial charge in [0.1, 0.15) is 0 Å². The van der Waals surface area contributed by atoms with Gasteiger partial charge < -0.3 is 4.90 Å². The average Bonchev–Trinajstić information content (AvgIpc) is 3.25. The zero-order chi connectivity index (χ0) is 18.0. The summed E-state index contributed by atoms with van der Waals surface area (Å²) in [5, 5.41) is 4.63. The summed E-state index contributed by atoms with van der Waals surface area (Å²) in [6.45, 7) is 6.00. The van der Waals surface area contributed by atoms with Crippen LogP contribution >= 0.6 is 11.3 Å². The van der Waals surface area contributed by atoms with Gasteiger partial charge in [-0.2, -0.15) is 5.10 Å². The van der Waals surface area contributed by atoms with Crippen molar-refractivity contribution in [2.45, 2.75) is 33.2 Å². The van der Waals surface area contributed by atoms with Crippen LogP contribution in [0.4, 0.5) is 0 Å². The van der Waals surface area contributed by atoms with E-state index in [1.54, 1.807) is 21.7 Å². The maximum atomic E-state index is 12.8. The predicted molar refractivity (Wildman–Crippen MR) is 100 cm³/mol. The van der Waals surface area contributed by atoms with Crippen molar-refractivity contribution in [2.75, 3.05) is 7.05 Å². The van der Waals surface area contributed by atoms with Gasteiger partial charge in [-0.3, -0.25) is 9.78 Å². The lowest BCUT2D eigenvalue weighted by Gasteiger charge is -2.24. The number of rotatable bonds is 5. The topological polar surface area (TPSA) is 51.0 Å². The summed E-state index contributed by atoms with van der Waals surface area (Å²) in [6, 6.07) is 10.0. The number of carbonyl (C=O) groups is 1. The summed E-state index contributed by atoms with van der Waals surface area (Å²) in [5.41, 5.74) is 5.71. The van der Waals surface area contributed by atoms with E-state index in [2.05, 4.69) is 10.1 Å². The smallest absolute Gasteiger partial charge is 0.227 e. The van der Waals surface area contributed by atoms with E-state index in [9.17, 15) is 4.79 Å². The Morgan fingerprint density at radius 1 is 1.28 bits per heavy atom. The summed E-state index contributed by atoms with van der Waals surface area (Å²) in [6.07, 6.45) is 2.17. The van der Waals surface area contributed by atoms with Gasteiger partial charge in [0.25, 0.3) is 0 Å². The molecule has 0 N–H and O–H groups in total. The minimum Gasteiger partial charge on any atom is -0.338 e. The number of aromatic nitrogens is 3. The maximum absolute atomic E-state index is 12.8. The summed E-state index contributed by atoms with van der Waals surface area (Å²) >= 11 is 1.57. The van der Waals surface area contributed by atoms with Crippen molar-refractivity contribution in [3.8, 4) is 5.69 Å². The summed E-state index contributed by atoms with van der Waals surface area (Å²) in [5.74, 6) is 0.0831. The molecule has 1 amide bonds. The molecule has 6 heteroatoms. The number of thiazole rings is 1. The zero-order valence-corrected chi connectivity index (χ0v) is 15.7. The van der Waals surface area contributed by atoms with Crippen molar-refractivity contribution < 1.29 is 4.79 Å². The Labute approximate surface area is 151 Å². The molecule has 0 aliphatic rings. The first-order valence-electron chi connectivity index (χ1n) is 8.23. The van der Waals surface area contributed by atoms with Crippen molar-refractivity contribution in [1.82, 2.24) is 19.7 Å². The SMILES string of the molecule is Cc1nn(-c2ccccc2)c(C)c1CC(=O)N(C)[C@H](C)c1cncs1. The van der Waals surface area contributed by atoms with Crippen LogP contribution in [0.1, 0.15) is 34.8 Å². The second kappa shape index (κ2) is 7.19. The van der Waals surface area contributed by atoms with Crippen LogP contribution in [0.2, 0.25) is 0 Å². The third-order valence-electron chi connectivity index (χ3n) is 4.61. The van der Waals surface area contributed by atoms with E-state index < -0.39 is 0 Å². The van der Waals surface area contributed by atoms with Crippen molar-refractivity contribution in [2.24, 2.45) is 0 Å². The fourth-order valence-electron chi connectivity index (χ4n) is 2.87. The first-order chi connectivity index (χ1) is 12.0. The number of para-hydroxylation sites is 1. The van der Waals surface area contributed by atoms with Crippen molar-refractivity contribution in [3.63, 3.8) is 0 Å². The molecule has 0 spiro atoms. The Bertz CT molecular complexity index is 855. The molecular formula is C19H22N4OS. The van der Waals surface area contributed by atoms with Gasteiger partial charge in [-0.15, -0.1) is 11.3 Å². The molecule has 0 saturated heterocycles. The van der Waals surface area contributed by atoms with E-state index in [0.29, 0.717) is 6.42 Å². The summed E-state index contributed by atoms with van der Waals surface area (Å²) in [7, 11) is 1.85. The normalized spacial score (nSPS) is 12.2. The lowest BCUT2D eigenvalue weighted by atomic mass is 10.1. The minimum absolute atomic E-state index is 0.0183. The highest BCUT2D eigenvalue weighted by Gasteiger charge is 2.22. The van der Waals surface area contributed by atoms with Crippen molar-refractivity contribution in [3.05, 3.63) is 63.9 Å². The van der Waals surface area contributed by atoms with Crippen LogP contribution < -0.4 is 0 Å². The Hall–Kier alpha value is -2.47. The zero-order valence-electron chi connectivity index (χ0n) is 14.9. The van der Waals surface area contributed by atoms with E-state index in [4.69, 9.17) is 0 Å². The predicted octanol–water partition coefficient (Wildman–Crippen LogP) is 3.71. The Morgan fingerprint density at radius 2 is 2.00 bits per heavy atom. The molecule has 0 saturated carbocycles. The second-order valence-corrected chi connectivity index (χ2v) is 7.08. The van der Waals surface area contributed by atoms with Gasteiger partial charge in [0.05, 0.1) is 29.4 Å². The highest BCUT2D eigenvalue weighted by molar-refractivity contribution is 7.09. The number of nitrogens with zero attached hydrogens (tertiary/aromatic N) is 4. The van der Waals surface area contributed by atoms with E-state index >= 15 is 0 Å². The molecule has 0 radical (unpaired) electrons. The lowest BCUT2D eigenvalue weighted by Crippen LogP contribution is -2.30. The number of benzene rings is 1.